The molecule has 0 aromatic heterocycles. The van der Waals surface area contributed by atoms with Gasteiger partial charge in [0.1, 0.15) is 11.6 Å². The summed E-state index contributed by atoms with van der Waals surface area (Å²) in [6.07, 6.45) is 0.440. The highest BCUT2D eigenvalue weighted by Crippen LogP contribution is 2.38. The van der Waals surface area contributed by atoms with Crippen molar-refractivity contribution in [1.82, 2.24) is 20.2 Å². The van der Waals surface area contributed by atoms with Gasteiger partial charge in [0.25, 0.3) is 0 Å². The Kier molecular flexibility index (Phi) is 10.5. The number of hydrogen-bond acceptors (Lipinski definition) is 10. The molecule has 218 valence electrons. The van der Waals surface area contributed by atoms with Crippen LogP contribution in [-0.4, -0.2) is 96.5 Å². The molecular formula is C28H41N7O5. The van der Waals surface area contributed by atoms with E-state index in [-0.39, 0.29) is 18.4 Å². The molecule has 0 unspecified atom stereocenters. The summed E-state index contributed by atoms with van der Waals surface area (Å²) in [6, 6.07) is 8.16. The van der Waals surface area contributed by atoms with Crippen molar-refractivity contribution in [2.75, 3.05) is 57.9 Å². The van der Waals surface area contributed by atoms with Crippen LogP contribution >= 0.6 is 0 Å². The van der Waals surface area contributed by atoms with Crippen LogP contribution in [0, 0.1) is 0 Å². The molecule has 2 N–H and O–H groups in total. The number of rotatable bonds is 12. The number of carbonyl (C=O) groups excluding carboxylic acids is 2. The molecule has 1 saturated heterocycles. The second-order valence-corrected chi connectivity index (χ2v) is 11.1. The number of likely N-dealkylation sites (tertiary alicyclic amines) is 1. The quantitative estimate of drug-likeness (QED) is 0.373. The van der Waals surface area contributed by atoms with E-state index in [2.05, 4.69) is 59.5 Å². The molecule has 0 saturated carbocycles. The predicted molar refractivity (Wildman–Crippen MR) is 151 cm³/mol. The van der Waals surface area contributed by atoms with E-state index in [1.165, 1.54) is 10.6 Å². The molecule has 40 heavy (non-hydrogen) atoms. The Bertz CT molecular complexity index is 1140. The van der Waals surface area contributed by atoms with Crippen LogP contribution in [0.4, 0.5) is 10.5 Å². The van der Waals surface area contributed by atoms with Crippen LogP contribution in [0.25, 0.3) is 0 Å². The summed E-state index contributed by atoms with van der Waals surface area (Å²) in [5, 5.41) is 22.6. The average molecular weight is 556 g/mol. The Morgan fingerprint density at radius 2 is 1.77 bits per heavy atom. The Labute approximate surface area is 235 Å². The summed E-state index contributed by atoms with van der Waals surface area (Å²) in [5.41, 5.74) is 1.81. The molecule has 12 heteroatoms. The maximum absolute atomic E-state index is 12.3. The Morgan fingerprint density at radius 3 is 2.30 bits per heavy atom. The van der Waals surface area contributed by atoms with Crippen molar-refractivity contribution in [1.29, 1.82) is 0 Å². The monoisotopic (exact) mass is 555 g/mol. The summed E-state index contributed by atoms with van der Waals surface area (Å²) >= 11 is 0. The lowest BCUT2D eigenvalue weighted by Crippen LogP contribution is -2.58. The number of methoxy groups -OCH3 is 1. The van der Waals surface area contributed by atoms with Gasteiger partial charge in [-0.3, -0.25) is 0 Å². The third-order valence-electron chi connectivity index (χ3n) is 7.46. The minimum atomic E-state index is -1.14. The number of nitrogens with zero attached hydrogens (tertiary/aromatic N) is 6. The molecule has 0 bridgehead atoms. The predicted octanol–water partition coefficient (Wildman–Crippen LogP) is 3.24. The molecule has 1 aromatic carbocycles. The van der Waals surface area contributed by atoms with Gasteiger partial charge >= 0.3 is 6.09 Å². The first-order valence-electron chi connectivity index (χ1n) is 13.6. The molecule has 0 spiro atoms. The Morgan fingerprint density at radius 1 is 1.12 bits per heavy atom. The van der Waals surface area contributed by atoms with Crippen molar-refractivity contribution in [2.45, 2.75) is 57.9 Å². The molecule has 1 aromatic rings. The third-order valence-corrected chi connectivity index (χ3v) is 7.46. The summed E-state index contributed by atoms with van der Waals surface area (Å²) < 4.78 is 5.73. The van der Waals surface area contributed by atoms with E-state index in [0.717, 1.165) is 18.8 Å². The van der Waals surface area contributed by atoms with Crippen LogP contribution in [0.1, 0.15) is 52.5 Å². The molecule has 0 atom stereocenters. The smallest absolute Gasteiger partial charge is 0.404 e. The first kappa shape index (κ1) is 30.8. The molecular weight excluding hydrogens is 514 g/mol. The fourth-order valence-corrected chi connectivity index (χ4v) is 5.24. The van der Waals surface area contributed by atoms with Crippen LogP contribution in [-0.2, 0) is 19.7 Å². The second-order valence-electron chi connectivity index (χ2n) is 11.1. The topological polar surface area (TPSA) is 130 Å². The second kappa shape index (κ2) is 13.6. The normalized spacial score (nSPS) is 17.0. The lowest BCUT2D eigenvalue weighted by atomic mass is 9.84. The summed E-state index contributed by atoms with van der Waals surface area (Å²) in [5.74, 6) is 4.35. The van der Waals surface area contributed by atoms with Gasteiger partial charge in [-0.05, 0) is 53.3 Å². The van der Waals surface area contributed by atoms with Gasteiger partial charge in [-0.15, -0.1) is 0 Å². The van der Waals surface area contributed by atoms with E-state index in [1.54, 1.807) is 12.1 Å². The summed E-state index contributed by atoms with van der Waals surface area (Å²) in [6.45, 7) is 12.0. The molecule has 12 nitrogen and oxygen atoms in total. The van der Waals surface area contributed by atoms with Crippen molar-refractivity contribution >= 4 is 23.7 Å². The number of ether oxygens (including phenoxy) is 1. The largest absolute Gasteiger partial charge is 0.465 e. The number of hydrogen-bond donors (Lipinski definition) is 2. The molecule has 2 heterocycles. The van der Waals surface area contributed by atoms with E-state index in [4.69, 9.17) is 9.84 Å². The van der Waals surface area contributed by atoms with E-state index in [1.807, 2.05) is 29.9 Å². The summed E-state index contributed by atoms with van der Waals surface area (Å²) in [7, 11) is 1.65. The van der Waals surface area contributed by atoms with Crippen LogP contribution < -0.4 is 10.2 Å². The number of amides is 1. The van der Waals surface area contributed by atoms with E-state index < -0.39 is 11.6 Å². The number of carbonyl (C=O) groups is 1. The zero-order valence-corrected chi connectivity index (χ0v) is 24.1. The molecule has 2 aliphatic rings. The van der Waals surface area contributed by atoms with Gasteiger partial charge in [-0.1, -0.05) is 32.9 Å². The lowest BCUT2D eigenvalue weighted by molar-refractivity contribution is 0.0720. The highest BCUT2D eigenvalue weighted by atomic mass is 16.5. The first-order valence-corrected chi connectivity index (χ1v) is 13.6. The number of benzene rings is 1. The third kappa shape index (κ3) is 7.28. The SMILES string of the molecule is CCN1N=NN(CCN2CCC(COC)(N(C(=C=O)CCNC(=O)O)c3ccc(C(C)(C)C)cc3)CC2)C1=C=O. The van der Waals surface area contributed by atoms with Gasteiger partial charge in [0, 0.05) is 51.9 Å². The van der Waals surface area contributed by atoms with Gasteiger partial charge in [0.2, 0.25) is 5.82 Å². The number of carboxylic acid groups (broad SMARTS) is 1. The molecule has 1 fully saturated rings. The highest BCUT2D eigenvalue weighted by Gasteiger charge is 2.42. The maximum atomic E-state index is 12.3. The molecule has 3 rings (SSSR count). The minimum Gasteiger partial charge on any atom is -0.465 e. The molecule has 1 amide bonds. The van der Waals surface area contributed by atoms with Crippen LogP contribution in [0.2, 0.25) is 0 Å². The van der Waals surface area contributed by atoms with Gasteiger partial charge in [0.15, 0.2) is 5.94 Å². The van der Waals surface area contributed by atoms with Crippen LogP contribution in [0.3, 0.4) is 0 Å². The van der Waals surface area contributed by atoms with Crippen molar-refractivity contribution in [2.24, 2.45) is 10.4 Å². The van der Waals surface area contributed by atoms with Crippen molar-refractivity contribution in [3.05, 3.63) is 41.3 Å². The van der Waals surface area contributed by atoms with Crippen LogP contribution in [0.5, 0.6) is 0 Å². The zero-order chi connectivity index (χ0) is 29.3. The standard InChI is InChI=1S/C28H41N7O5/c1-6-33-25(20-37)34(31-30-33)18-17-32-15-12-28(13-16-32,21-40-5)35(24(19-36)11-14-29-26(38)39)23-9-7-22(8-10-23)27(2,3)4/h7-10,29H,6,11-18,21H2,1-5H3,(H,38,39). The summed E-state index contributed by atoms with van der Waals surface area (Å²) in [4.78, 5) is 39.1. The van der Waals surface area contributed by atoms with E-state index in [0.29, 0.717) is 50.6 Å². The van der Waals surface area contributed by atoms with E-state index in [9.17, 15) is 14.4 Å². The number of anilines is 1. The Balaban J connectivity index is 1.83. The molecule has 0 aliphatic carbocycles. The van der Waals surface area contributed by atoms with Gasteiger partial charge < -0.3 is 25.0 Å². The van der Waals surface area contributed by atoms with E-state index >= 15 is 0 Å². The van der Waals surface area contributed by atoms with Gasteiger partial charge in [-0.25, -0.2) is 24.4 Å². The maximum Gasteiger partial charge on any atom is 0.404 e. The first-order chi connectivity index (χ1) is 19.1. The minimum absolute atomic E-state index is 0.0321. The van der Waals surface area contributed by atoms with Gasteiger partial charge in [-0.2, -0.15) is 0 Å². The molecule has 2 aliphatic heterocycles. The van der Waals surface area contributed by atoms with Crippen molar-refractivity contribution in [3.8, 4) is 0 Å². The number of piperidine rings is 1. The van der Waals surface area contributed by atoms with Crippen molar-refractivity contribution in [3.63, 3.8) is 0 Å². The lowest BCUT2D eigenvalue weighted by Gasteiger charge is -2.49. The molecule has 0 radical (unpaired) electrons. The zero-order valence-electron chi connectivity index (χ0n) is 24.1. The van der Waals surface area contributed by atoms with Gasteiger partial charge in [0.05, 0.1) is 18.7 Å². The fourth-order valence-electron chi connectivity index (χ4n) is 5.24. The number of nitrogens with one attached hydrogen (secondary N) is 1. The highest BCUT2D eigenvalue weighted by molar-refractivity contribution is 5.68. The van der Waals surface area contributed by atoms with Crippen molar-refractivity contribution < 1.29 is 24.2 Å². The Hall–Kier alpha value is -3.69. The average Bonchev–Trinajstić information content (AvgIpc) is 3.34. The van der Waals surface area contributed by atoms with Crippen LogP contribution in [0.15, 0.2) is 46.2 Å². The fraction of sp³-hybridized carbons (Fsp3) is 0.607.